The van der Waals surface area contributed by atoms with Crippen molar-refractivity contribution in [3.63, 3.8) is 0 Å². The average molecular weight is 977 g/mol. The van der Waals surface area contributed by atoms with E-state index in [0.29, 0.717) is 0 Å². The Kier molecular flexibility index (Phi) is 8.18. The molecule has 2 aliphatic carbocycles. The van der Waals surface area contributed by atoms with Crippen LogP contribution in [0, 0.1) is 6.92 Å². The van der Waals surface area contributed by atoms with Crippen LogP contribution in [-0.2, 0) is 16.2 Å². The summed E-state index contributed by atoms with van der Waals surface area (Å²) in [5, 5.41) is 6.01. The van der Waals surface area contributed by atoms with E-state index in [2.05, 4.69) is 228 Å². The highest BCUT2D eigenvalue weighted by atomic mass is 32.2. The smallest absolute Gasteiger partial charge is 0.333 e. The summed E-state index contributed by atoms with van der Waals surface area (Å²) in [7, 11) is -2.87. The molecule has 7 aliphatic rings. The van der Waals surface area contributed by atoms with Gasteiger partial charge in [-0.05, 0) is 160 Å². The molecule has 5 aliphatic heterocycles. The topological polar surface area (TPSA) is 6.48 Å². The molecule has 5 heterocycles. The van der Waals surface area contributed by atoms with E-state index in [-0.39, 0.29) is 23.1 Å². The number of benzene rings is 9. The maximum atomic E-state index is 2.86. The van der Waals surface area contributed by atoms with Gasteiger partial charge >= 0.3 is 6.85 Å². The van der Waals surface area contributed by atoms with Gasteiger partial charge in [-0.2, -0.15) is 0 Å². The highest BCUT2D eigenvalue weighted by Gasteiger charge is 2.59. The standard InChI is InChI=1S/C66H53BN2S2Si/c1-38-33-45-46(65(4,5)32-31-64(45,2)3)35-49(38)68-50-37-55-54(70-52-25-13-14-26-53(52)71-55)36-47(50)67-62-51(68)34-43-39-19-8-11-23-44(39)66(6,7)61(43)60(62)42-22-18-30-59-63(42)69(67)48-24-12-17-29-58(48)72(59)56-27-15-9-20-40(56)41-21-10-16-28-57(41)72/h8-30,33-37H,31-32H2,1-7H3. The summed E-state index contributed by atoms with van der Waals surface area (Å²) in [6.45, 7) is 17.2. The minimum Gasteiger partial charge on any atom is -0.376 e. The van der Waals surface area contributed by atoms with E-state index in [1.54, 1.807) is 0 Å². The fourth-order valence-electron chi connectivity index (χ4n) is 15.1. The first kappa shape index (κ1) is 42.1. The molecule has 2 nitrogen and oxygen atoms in total. The van der Waals surface area contributed by atoms with Crippen LogP contribution in [0.15, 0.2) is 189 Å². The molecule has 0 amide bonds. The normalized spacial score (nSPS) is 18.1. The Morgan fingerprint density at radius 1 is 0.458 bits per heavy atom. The lowest BCUT2D eigenvalue weighted by Crippen LogP contribution is -2.78. The van der Waals surface area contributed by atoms with Gasteiger partial charge in [0, 0.05) is 59.0 Å². The third-order valence-electron chi connectivity index (χ3n) is 18.4. The summed E-state index contributed by atoms with van der Waals surface area (Å²) in [6.07, 6.45) is 2.36. The summed E-state index contributed by atoms with van der Waals surface area (Å²) < 4.78 is 0. The molecule has 72 heavy (non-hydrogen) atoms. The van der Waals surface area contributed by atoms with E-state index in [9.17, 15) is 0 Å². The molecular formula is C66H53BN2S2Si. The van der Waals surface area contributed by atoms with Crippen LogP contribution in [0.1, 0.15) is 82.2 Å². The van der Waals surface area contributed by atoms with Gasteiger partial charge in [-0.25, -0.2) is 0 Å². The second kappa shape index (κ2) is 14.0. The maximum Gasteiger partial charge on any atom is 0.333 e. The monoisotopic (exact) mass is 976 g/mol. The molecule has 9 aromatic carbocycles. The summed E-state index contributed by atoms with van der Waals surface area (Å²) in [4.78, 5) is 11.0. The fraction of sp³-hybridized carbons (Fsp3) is 0.182. The maximum absolute atomic E-state index is 2.87. The first-order valence-corrected chi connectivity index (χ1v) is 29.6. The van der Waals surface area contributed by atoms with Crippen LogP contribution in [0.5, 0.6) is 0 Å². The van der Waals surface area contributed by atoms with Crippen molar-refractivity contribution in [2.24, 2.45) is 0 Å². The number of aryl methyl sites for hydroxylation is 1. The van der Waals surface area contributed by atoms with Crippen LogP contribution in [0.25, 0.3) is 33.4 Å². The lowest BCUT2D eigenvalue weighted by molar-refractivity contribution is 0.332. The molecular weight excluding hydrogens is 924 g/mol. The number of nitrogens with zero attached hydrogens (tertiary/aromatic N) is 2. The van der Waals surface area contributed by atoms with Gasteiger partial charge in [-0.3, -0.25) is 0 Å². The van der Waals surface area contributed by atoms with Crippen LogP contribution in [0.2, 0.25) is 0 Å². The predicted octanol–water partition coefficient (Wildman–Crippen LogP) is 13.6. The molecule has 0 radical (unpaired) electrons. The minimum absolute atomic E-state index is 0.0466. The van der Waals surface area contributed by atoms with E-state index in [1.165, 1.54) is 154 Å². The summed E-state index contributed by atoms with van der Waals surface area (Å²) in [6, 6.07) is 67.4. The Hall–Kier alpha value is -6.44. The van der Waals surface area contributed by atoms with Gasteiger partial charge in [0.25, 0.3) is 0 Å². The summed E-state index contributed by atoms with van der Waals surface area (Å²) in [5.74, 6) is 0. The molecule has 6 heteroatoms. The Morgan fingerprint density at radius 2 is 1.03 bits per heavy atom. The average Bonchev–Trinajstić information content (AvgIpc) is 3.82. The molecule has 0 atom stereocenters. The molecule has 0 bridgehead atoms. The van der Waals surface area contributed by atoms with Crippen molar-refractivity contribution < 1.29 is 0 Å². The van der Waals surface area contributed by atoms with Crippen molar-refractivity contribution in [1.29, 1.82) is 0 Å². The molecule has 0 aromatic heterocycles. The van der Waals surface area contributed by atoms with Gasteiger partial charge in [-0.15, -0.1) is 0 Å². The molecule has 16 rings (SSSR count). The molecule has 9 aromatic rings. The summed E-state index contributed by atoms with van der Waals surface area (Å²) in [5.41, 5.74) is 24.9. The van der Waals surface area contributed by atoms with Crippen LogP contribution in [0.4, 0.5) is 28.4 Å². The minimum atomic E-state index is -2.87. The Labute approximate surface area is 433 Å². The molecule has 0 saturated heterocycles. The van der Waals surface area contributed by atoms with E-state index < -0.39 is 8.07 Å². The SMILES string of the molecule is Cc1cc2c(cc1N1c3cc4c(cc3B3c5c1cc1c(c5-c5cccc6c5N3c3ccccc3[Si]63c5ccccc5-c5ccccc53)C(C)(C)c3ccccc3-1)Sc1ccccc1S4)C(C)(C)CCC2(C)C. The fourth-order valence-corrected chi connectivity index (χ4v) is 22.9. The molecule has 346 valence electrons. The number of anilines is 5. The van der Waals surface area contributed by atoms with Crippen LogP contribution in [-0.4, -0.2) is 14.9 Å². The van der Waals surface area contributed by atoms with Gasteiger partial charge in [0.15, 0.2) is 8.07 Å². The largest absolute Gasteiger partial charge is 0.376 e. The Balaban J connectivity index is 1.08. The van der Waals surface area contributed by atoms with Gasteiger partial charge in [0.2, 0.25) is 0 Å². The van der Waals surface area contributed by atoms with Crippen molar-refractivity contribution in [1.82, 2.24) is 0 Å². The van der Waals surface area contributed by atoms with Crippen LogP contribution in [0.3, 0.4) is 0 Å². The number of hydrogen-bond donors (Lipinski definition) is 0. The van der Waals surface area contributed by atoms with Crippen molar-refractivity contribution in [2.75, 3.05) is 9.71 Å². The third-order valence-corrected chi connectivity index (χ3v) is 25.9. The first-order valence-electron chi connectivity index (χ1n) is 26.0. The lowest BCUT2D eigenvalue weighted by atomic mass is 9.42. The second-order valence-electron chi connectivity index (χ2n) is 23.4. The molecule has 0 fully saturated rings. The summed E-state index contributed by atoms with van der Waals surface area (Å²) >= 11 is 3.89. The highest BCUT2D eigenvalue weighted by molar-refractivity contribution is 8.05. The van der Waals surface area contributed by atoms with E-state index in [4.69, 9.17) is 0 Å². The van der Waals surface area contributed by atoms with Crippen LogP contribution < -0.4 is 41.4 Å². The van der Waals surface area contributed by atoms with Gasteiger partial charge in [0.05, 0.1) is 0 Å². The van der Waals surface area contributed by atoms with E-state index >= 15 is 0 Å². The number of fused-ring (bicyclic) bond motifs is 20. The second-order valence-corrected chi connectivity index (χ2v) is 29.2. The number of rotatable bonds is 1. The van der Waals surface area contributed by atoms with Crippen LogP contribution >= 0.6 is 23.5 Å². The Morgan fingerprint density at radius 3 is 1.74 bits per heavy atom. The van der Waals surface area contributed by atoms with Gasteiger partial charge in [0.1, 0.15) is 0 Å². The number of hydrogen-bond acceptors (Lipinski definition) is 4. The number of para-hydroxylation sites is 2. The van der Waals surface area contributed by atoms with E-state index in [1.807, 2.05) is 23.5 Å². The van der Waals surface area contributed by atoms with Gasteiger partial charge in [-0.1, -0.05) is 192 Å². The predicted molar refractivity (Wildman–Crippen MR) is 309 cm³/mol. The Bertz CT molecular complexity index is 3930. The third kappa shape index (κ3) is 5.07. The molecule has 0 N–H and O–H groups in total. The first-order chi connectivity index (χ1) is 34.9. The van der Waals surface area contributed by atoms with Crippen molar-refractivity contribution >= 4 is 98.6 Å². The van der Waals surface area contributed by atoms with Gasteiger partial charge < -0.3 is 9.71 Å². The zero-order chi connectivity index (χ0) is 48.4. The quantitative estimate of drug-likeness (QED) is 0.151. The zero-order valence-electron chi connectivity index (χ0n) is 41.9. The zero-order valence-corrected chi connectivity index (χ0v) is 44.5. The highest BCUT2D eigenvalue weighted by Crippen LogP contribution is 2.60. The van der Waals surface area contributed by atoms with Crippen molar-refractivity contribution in [3.05, 3.63) is 198 Å². The lowest BCUT2D eigenvalue weighted by Gasteiger charge is -2.52. The molecule has 0 unspecified atom stereocenters. The van der Waals surface area contributed by atoms with Crippen molar-refractivity contribution in [3.8, 4) is 33.4 Å². The molecule has 0 saturated carbocycles. The van der Waals surface area contributed by atoms with Crippen molar-refractivity contribution in [2.45, 2.75) is 97.1 Å². The van der Waals surface area contributed by atoms with E-state index in [0.717, 1.165) is 0 Å². The molecule has 1 spiro atoms.